The van der Waals surface area contributed by atoms with Crippen LogP contribution in [-0.4, -0.2) is 20.8 Å². The normalized spacial score (nSPS) is 10.8. The molecule has 0 aliphatic heterocycles. The SMILES string of the molecule is Cc1ccc(Oc2ccnc(Nc3cncc(CCC(=N)N=NN)c3)c2)c(C)n1. The van der Waals surface area contributed by atoms with Gasteiger partial charge in [0.1, 0.15) is 23.2 Å². The van der Waals surface area contributed by atoms with Crippen molar-refractivity contribution in [3.63, 3.8) is 0 Å². The fourth-order valence-corrected chi connectivity index (χ4v) is 2.67. The summed E-state index contributed by atoms with van der Waals surface area (Å²) in [4.78, 5) is 13.0. The van der Waals surface area contributed by atoms with E-state index in [-0.39, 0.29) is 5.84 Å². The van der Waals surface area contributed by atoms with Crippen LogP contribution in [0.4, 0.5) is 11.5 Å². The first-order valence-electron chi connectivity index (χ1n) is 9.01. The van der Waals surface area contributed by atoms with Gasteiger partial charge < -0.3 is 15.9 Å². The molecule has 3 aromatic heterocycles. The van der Waals surface area contributed by atoms with Crippen molar-refractivity contribution in [1.82, 2.24) is 15.0 Å². The molecule has 3 rings (SSSR count). The first-order valence-corrected chi connectivity index (χ1v) is 9.01. The lowest BCUT2D eigenvalue weighted by Gasteiger charge is -2.11. The zero-order valence-corrected chi connectivity index (χ0v) is 16.3. The third-order valence-electron chi connectivity index (χ3n) is 4.03. The lowest BCUT2D eigenvalue weighted by Crippen LogP contribution is -1.99. The van der Waals surface area contributed by atoms with E-state index in [0.29, 0.717) is 30.2 Å². The molecule has 0 aliphatic carbocycles. The van der Waals surface area contributed by atoms with Crippen molar-refractivity contribution in [2.75, 3.05) is 5.32 Å². The number of anilines is 2. The summed E-state index contributed by atoms with van der Waals surface area (Å²) < 4.78 is 5.94. The molecular weight excluding hydrogens is 368 g/mol. The van der Waals surface area contributed by atoms with Crippen LogP contribution >= 0.6 is 0 Å². The quantitative estimate of drug-likeness (QED) is 0.181. The minimum Gasteiger partial charge on any atom is -0.455 e. The number of rotatable bonds is 7. The number of aromatic nitrogens is 3. The number of hydrogen-bond donors (Lipinski definition) is 3. The molecule has 9 heteroatoms. The zero-order chi connectivity index (χ0) is 20.6. The monoisotopic (exact) mass is 390 g/mol. The summed E-state index contributed by atoms with van der Waals surface area (Å²) in [5.74, 6) is 7.07. The molecule has 0 unspecified atom stereocenters. The molecule has 0 saturated carbocycles. The predicted molar refractivity (Wildman–Crippen MR) is 111 cm³/mol. The Balaban J connectivity index is 1.68. The number of ether oxygens (including phenoxy) is 1. The number of hydrogen-bond acceptors (Lipinski definition) is 7. The summed E-state index contributed by atoms with van der Waals surface area (Å²) >= 11 is 0. The van der Waals surface area contributed by atoms with Gasteiger partial charge >= 0.3 is 0 Å². The fourth-order valence-electron chi connectivity index (χ4n) is 2.67. The van der Waals surface area contributed by atoms with Crippen molar-refractivity contribution >= 4 is 17.3 Å². The number of nitrogens with two attached hydrogens (primary N) is 1. The largest absolute Gasteiger partial charge is 0.455 e. The molecule has 0 saturated heterocycles. The van der Waals surface area contributed by atoms with Crippen molar-refractivity contribution in [3.05, 3.63) is 65.9 Å². The fraction of sp³-hybridized carbons (Fsp3) is 0.200. The number of aryl methyl sites for hydroxylation is 3. The van der Waals surface area contributed by atoms with E-state index in [1.54, 1.807) is 24.7 Å². The molecule has 3 heterocycles. The highest BCUT2D eigenvalue weighted by Crippen LogP contribution is 2.26. The molecule has 0 bridgehead atoms. The van der Waals surface area contributed by atoms with E-state index in [9.17, 15) is 0 Å². The molecule has 0 aromatic carbocycles. The van der Waals surface area contributed by atoms with Gasteiger partial charge in [-0.1, -0.05) is 5.22 Å². The number of amidine groups is 1. The molecule has 0 atom stereocenters. The maximum atomic E-state index is 7.61. The van der Waals surface area contributed by atoms with Crippen LogP contribution in [0.5, 0.6) is 11.5 Å². The second-order valence-electron chi connectivity index (χ2n) is 6.38. The van der Waals surface area contributed by atoms with Gasteiger partial charge in [-0.25, -0.2) is 4.98 Å². The summed E-state index contributed by atoms with van der Waals surface area (Å²) in [6.45, 7) is 3.85. The van der Waals surface area contributed by atoms with Gasteiger partial charge in [0.15, 0.2) is 0 Å². The number of pyridine rings is 3. The van der Waals surface area contributed by atoms with Crippen LogP contribution in [0.1, 0.15) is 23.4 Å². The smallest absolute Gasteiger partial charge is 0.148 e. The average molecular weight is 390 g/mol. The molecule has 0 radical (unpaired) electrons. The van der Waals surface area contributed by atoms with Crippen LogP contribution in [0.2, 0.25) is 0 Å². The number of nitrogens with zero attached hydrogens (tertiary/aromatic N) is 5. The Labute approximate surface area is 168 Å². The summed E-state index contributed by atoms with van der Waals surface area (Å²) in [7, 11) is 0. The van der Waals surface area contributed by atoms with Crippen molar-refractivity contribution in [3.8, 4) is 11.5 Å². The van der Waals surface area contributed by atoms with Gasteiger partial charge in [-0.15, -0.1) is 5.11 Å². The van der Waals surface area contributed by atoms with Gasteiger partial charge in [-0.05, 0) is 50.1 Å². The lowest BCUT2D eigenvalue weighted by molar-refractivity contribution is 0.475. The minimum absolute atomic E-state index is 0.123. The maximum Gasteiger partial charge on any atom is 0.148 e. The first-order chi connectivity index (χ1) is 14.0. The maximum absolute atomic E-state index is 7.61. The first kappa shape index (κ1) is 19.9. The molecule has 4 N–H and O–H groups in total. The molecule has 0 aliphatic rings. The molecule has 0 amide bonds. The second-order valence-corrected chi connectivity index (χ2v) is 6.38. The summed E-state index contributed by atoms with van der Waals surface area (Å²) in [5.41, 5.74) is 3.52. The van der Waals surface area contributed by atoms with Crippen LogP contribution in [0.3, 0.4) is 0 Å². The third kappa shape index (κ3) is 5.80. The highest BCUT2D eigenvalue weighted by molar-refractivity contribution is 5.79. The van der Waals surface area contributed by atoms with Gasteiger partial charge in [-0.3, -0.25) is 15.4 Å². The molecule has 0 fully saturated rings. The molecular formula is C20H22N8O. The zero-order valence-electron chi connectivity index (χ0n) is 16.3. The Morgan fingerprint density at radius 3 is 2.86 bits per heavy atom. The summed E-state index contributed by atoms with van der Waals surface area (Å²) in [5, 5.41) is 17.5. The van der Waals surface area contributed by atoms with Crippen molar-refractivity contribution in [2.45, 2.75) is 26.7 Å². The van der Waals surface area contributed by atoms with Gasteiger partial charge in [0, 0.05) is 30.6 Å². The minimum atomic E-state index is 0.123. The third-order valence-corrected chi connectivity index (χ3v) is 4.03. The summed E-state index contributed by atoms with van der Waals surface area (Å²) in [6.07, 6.45) is 6.16. The molecule has 29 heavy (non-hydrogen) atoms. The van der Waals surface area contributed by atoms with E-state index < -0.39 is 0 Å². The molecule has 3 aromatic rings. The number of nitrogens with one attached hydrogen (secondary N) is 2. The Morgan fingerprint density at radius 1 is 1.21 bits per heavy atom. The van der Waals surface area contributed by atoms with E-state index in [0.717, 1.165) is 22.6 Å². The summed E-state index contributed by atoms with van der Waals surface area (Å²) in [6, 6.07) is 9.36. The Kier molecular flexibility index (Phi) is 6.41. The average Bonchev–Trinajstić information content (AvgIpc) is 2.69. The van der Waals surface area contributed by atoms with Gasteiger partial charge in [0.25, 0.3) is 0 Å². The van der Waals surface area contributed by atoms with Gasteiger partial charge in [0.05, 0.1) is 17.6 Å². The molecule has 148 valence electrons. The van der Waals surface area contributed by atoms with Crippen LogP contribution in [0.15, 0.2) is 59.3 Å². The van der Waals surface area contributed by atoms with Gasteiger partial charge in [0.2, 0.25) is 0 Å². The second kappa shape index (κ2) is 9.36. The highest BCUT2D eigenvalue weighted by Gasteiger charge is 2.06. The van der Waals surface area contributed by atoms with E-state index in [4.69, 9.17) is 16.0 Å². The van der Waals surface area contributed by atoms with E-state index >= 15 is 0 Å². The van der Waals surface area contributed by atoms with Crippen LogP contribution in [0, 0.1) is 19.3 Å². The van der Waals surface area contributed by atoms with Crippen LogP contribution in [-0.2, 0) is 6.42 Å². The molecule has 0 spiro atoms. The van der Waals surface area contributed by atoms with E-state index in [2.05, 4.69) is 30.6 Å². The van der Waals surface area contributed by atoms with Crippen molar-refractivity contribution in [2.24, 2.45) is 16.2 Å². The Bertz CT molecular complexity index is 1030. The Morgan fingerprint density at radius 2 is 2.07 bits per heavy atom. The van der Waals surface area contributed by atoms with E-state index in [1.807, 2.05) is 38.1 Å². The topological polar surface area (TPSA) is 135 Å². The predicted octanol–water partition coefficient (Wildman–Crippen LogP) is 4.26. The standard InChI is InChI=1S/C20H22N8O/c1-13-3-5-18(14(2)25-13)29-17-7-8-24-20(10-17)26-16-9-15(11-23-12-16)4-6-19(21)27-28-22/h3,5,7-12H,4,6H2,1-2H3,(H,24,26)(H3,21,22,27). The van der Waals surface area contributed by atoms with Crippen LogP contribution < -0.4 is 15.9 Å². The van der Waals surface area contributed by atoms with Crippen molar-refractivity contribution < 1.29 is 4.74 Å². The lowest BCUT2D eigenvalue weighted by atomic mass is 10.1. The van der Waals surface area contributed by atoms with Crippen LogP contribution in [0.25, 0.3) is 0 Å². The molecule has 9 nitrogen and oxygen atoms in total. The highest BCUT2D eigenvalue weighted by atomic mass is 16.5. The van der Waals surface area contributed by atoms with Gasteiger partial charge in [-0.2, -0.15) is 0 Å². The van der Waals surface area contributed by atoms with Crippen molar-refractivity contribution in [1.29, 1.82) is 5.41 Å². The van der Waals surface area contributed by atoms with E-state index in [1.165, 1.54) is 0 Å². The Hall–Kier alpha value is -3.88.